The molecule has 16 heavy (non-hydrogen) atoms. The number of aryl methyl sites for hydroxylation is 1. The smallest absolute Gasteiger partial charge is 0.0701 e. The summed E-state index contributed by atoms with van der Waals surface area (Å²) in [5.74, 6) is 0. The van der Waals surface area contributed by atoms with Gasteiger partial charge in [0.15, 0.2) is 0 Å². The highest BCUT2D eigenvalue weighted by Crippen LogP contribution is 1.80. The Kier molecular flexibility index (Phi) is 12.5. The van der Waals surface area contributed by atoms with Gasteiger partial charge in [-0.3, -0.25) is 4.98 Å². The maximum Gasteiger partial charge on any atom is 0.0701 e. The van der Waals surface area contributed by atoms with Crippen molar-refractivity contribution in [2.45, 2.75) is 41.5 Å². The molecule has 0 aliphatic carbocycles. The summed E-state index contributed by atoms with van der Waals surface area (Å²) in [6.07, 6.45) is 7.56. The van der Waals surface area contributed by atoms with Gasteiger partial charge in [0.1, 0.15) is 0 Å². The monoisotopic (exact) mass is 219 g/mol. The summed E-state index contributed by atoms with van der Waals surface area (Å²) in [6, 6.07) is 2.01. The van der Waals surface area contributed by atoms with Crippen LogP contribution in [0.5, 0.6) is 0 Å². The van der Waals surface area contributed by atoms with Gasteiger partial charge in [-0.15, -0.1) is 0 Å². The minimum atomic E-state index is 0.993. The van der Waals surface area contributed by atoms with Gasteiger partial charge in [-0.2, -0.15) is 0 Å². The standard InChI is InChI=1S/C11H13N.2C2H6/c1-4-6-11-10(5-2)9(3)7-8-12-11;2*1-2/h4-8H,1H2,2-3H3;2*1-2H3/b10-5-,11-6+;;. The van der Waals surface area contributed by atoms with Gasteiger partial charge in [0.25, 0.3) is 0 Å². The molecular formula is C15H25N. The maximum atomic E-state index is 4.24. The Morgan fingerprint density at radius 3 is 2.19 bits per heavy atom. The number of hydrogen-bond acceptors (Lipinski definition) is 1. The normalized spacial score (nSPS) is 10.9. The van der Waals surface area contributed by atoms with Gasteiger partial charge in [0.2, 0.25) is 0 Å². The number of aromatic nitrogens is 1. The van der Waals surface area contributed by atoms with Crippen LogP contribution < -0.4 is 10.6 Å². The molecule has 1 heteroatoms. The van der Waals surface area contributed by atoms with Crippen LogP contribution >= 0.6 is 0 Å². The quantitative estimate of drug-likeness (QED) is 0.707. The average molecular weight is 219 g/mol. The average Bonchev–Trinajstić information content (AvgIpc) is 2.35. The molecule has 1 aromatic heterocycles. The first kappa shape index (κ1) is 17.0. The van der Waals surface area contributed by atoms with E-state index >= 15 is 0 Å². The lowest BCUT2D eigenvalue weighted by Gasteiger charge is -1.93. The van der Waals surface area contributed by atoms with E-state index in [-0.39, 0.29) is 0 Å². The number of rotatable bonds is 1. The molecule has 90 valence electrons. The molecule has 0 radical (unpaired) electrons. The zero-order valence-electron chi connectivity index (χ0n) is 11.5. The van der Waals surface area contributed by atoms with Gasteiger partial charge < -0.3 is 0 Å². The predicted octanol–water partition coefficient (Wildman–Crippen LogP) is 3.21. The lowest BCUT2D eigenvalue weighted by Crippen LogP contribution is -2.29. The Morgan fingerprint density at radius 1 is 1.19 bits per heavy atom. The molecule has 0 amide bonds. The van der Waals surface area contributed by atoms with E-state index in [0.717, 1.165) is 5.35 Å². The molecule has 0 unspecified atom stereocenters. The number of hydrogen-bond donors (Lipinski definition) is 0. The van der Waals surface area contributed by atoms with Gasteiger partial charge in [0, 0.05) is 6.20 Å². The van der Waals surface area contributed by atoms with Crippen molar-refractivity contribution in [3.05, 3.63) is 41.0 Å². The molecule has 0 spiro atoms. The van der Waals surface area contributed by atoms with Crippen LogP contribution in [0.1, 0.15) is 40.2 Å². The van der Waals surface area contributed by atoms with Gasteiger partial charge in [-0.25, -0.2) is 0 Å². The molecule has 1 nitrogen and oxygen atoms in total. The van der Waals surface area contributed by atoms with Gasteiger partial charge >= 0.3 is 0 Å². The summed E-state index contributed by atoms with van der Waals surface area (Å²) in [5, 5.41) is 2.19. The molecule has 0 atom stereocenters. The van der Waals surface area contributed by atoms with E-state index in [1.807, 2.05) is 53.0 Å². The molecular weight excluding hydrogens is 194 g/mol. The van der Waals surface area contributed by atoms with Crippen LogP contribution in [-0.4, -0.2) is 4.98 Å². The first-order valence-corrected chi connectivity index (χ1v) is 6.00. The molecule has 1 heterocycles. The molecule has 0 fully saturated rings. The van der Waals surface area contributed by atoms with E-state index < -0.39 is 0 Å². The molecule has 0 aliphatic heterocycles. The highest BCUT2D eigenvalue weighted by Gasteiger charge is 1.87. The first-order valence-electron chi connectivity index (χ1n) is 6.00. The number of allylic oxidation sites excluding steroid dienone is 1. The predicted molar refractivity (Wildman–Crippen MR) is 75.7 cm³/mol. The van der Waals surface area contributed by atoms with Crippen molar-refractivity contribution < 1.29 is 0 Å². The third-order valence-electron chi connectivity index (χ3n) is 1.80. The second-order valence-corrected chi connectivity index (χ2v) is 2.62. The second-order valence-electron chi connectivity index (χ2n) is 2.62. The number of nitrogens with zero attached hydrogens (tertiary/aromatic N) is 1. The summed E-state index contributed by atoms with van der Waals surface area (Å²) in [6.45, 7) is 15.8. The van der Waals surface area contributed by atoms with Crippen LogP contribution in [0.2, 0.25) is 0 Å². The summed E-state index contributed by atoms with van der Waals surface area (Å²) >= 11 is 0. The van der Waals surface area contributed by atoms with E-state index in [4.69, 9.17) is 0 Å². The molecule has 1 rings (SSSR count). The van der Waals surface area contributed by atoms with Crippen LogP contribution in [0, 0.1) is 6.92 Å². The van der Waals surface area contributed by atoms with E-state index in [9.17, 15) is 0 Å². The zero-order valence-corrected chi connectivity index (χ0v) is 11.5. The van der Waals surface area contributed by atoms with Crippen molar-refractivity contribution >= 4 is 12.2 Å². The highest BCUT2D eigenvalue weighted by atomic mass is 14.6. The summed E-state index contributed by atoms with van der Waals surface area (Å²) in [5.41, 5.74) is 1.25. The van der Waals surface area contributed by atoms with Crippen molar-refractivity contribution in [1.29, 1.82) is 0 Å². The van der Waals surface area contributed by atoms with Crippen LogP contribution in [0.4, 0.5) is 0 Å². The minimum absolute atomic E-state index is 0.993. The Bertz CT molecular complexity index is 388. The fraction of sp³-hybridized carbons (Fsp3) is 0.400. The molecule has 0 saturated heterocycles. The Morgan fingerprint density at radius 2 is 1.75 bits per heavy atom. The van der Waals surface area contributed by atoms with E-state index in [0.29, 0.717) is 0 Å². The van der Waals surface area contributed by atoms with Crippen molar-refractivity contribution in [3.63, 3.8) is 0 Å². The van der Waals surface area contributed by atoms with Crippen molar-refractivity contribution in [2.75, 3.05) is 0 Å². The third-order valence-corrected chi connectivity index (χ3v) is 1.80. The van der Waals surface area contributed by atoms with Crippen LogP contribution in [0.25, 0.3) is 12.2 Å². The van der Waals surface area contributed by atoms with Crippen LogP contribution in [0.3, 0.4) is 0 Å². The fourth-order valence-electron chi connectivity index (χ4n) is 1.21. The zero-order chi connectivity index (χ0) is 13.0. The Labute approximate surface area is 100 Å². The summed E-state index contributed by atoms with van der Waals surface area (Å²) in [4.78, 5) is 4.24. The van der Waals surface area contributed by atoms with Gasteiger partial charge in [-0.1, -0.05) is 46.4 Å². The summed E-state index contributed by atoms with van der Waals surface area (Å²) < 4.78 is 0. The lowest BCUT2D eigenvalue weighted by molar-refractivity contribution is 1.18. The van der Waals surface area contributed by atoms with Crippen molar-refractivity contribution in [1.82, 2.24) is 4.98 Å². The van der Waals surface area contributed by atoms with E-state index in [1.54, 1.807) is 6.08 Å². The SMILES string of the molecule is C=C/C=c1/nccc(C)/c1=C/C.CC.CC. The number of pyridine rings is 1. The van der Waals surface area contributed by atoms with Gasteiger partial charge in [-0.05, 0) is 36.8 Å². The highest BCUT2D eigenvalue weighted by molar-refractivity contribution is 5.37. The Balaban J connectivity index is 0. The second kappa shape index (κ2) is 11.7. The lowest BCUT2D eigenvalue weighted by atomic mass is 10.2. The fourth-order valence-corrected chi connectivity index (χ4v) is 1.21. The Hall–Kier alpha value is -1.37. The van der Waals surface area contributed by atoms with Crippen LogP contribution in [0.15, 0.2) is 24.9 Å². The van der Waals surface area contributed by atoms with Crippen molar-refractivity contribution in [2.24, 2.45) is 0 Å². The topological polar surface area (TPSA) is 12.9 Å². The largest absolute Gasteiger partial charge is 0.256 e. The molecule has 1 aromatic rings. The molecule has 0 N–H and O–H groups in total. The van der Waals surface area contributed by atoms with Crippen LogP contribution in [-0.2, 0) is 0 Å². The summed E-state index contributed by atoms with van der Waals surface area (Å²) in [7, 11) is 0. The first-order chi connectivity index (χ1) is 7.79. The molecule has 0 bridgehead atoms. The maximum absolute atomic E-state index is 4.24. The van der Waals surface area contributed by atoms with E-state index in [2.05, 4.69) is 24.6 Å². The third kappa shape index (κ3) is 5.50. The minimum Gasteiger partial charge on any atom is -0.256 e. The van der Waals surface area contributed by atoms with E-state index in [1.165, 1.54) is 10.8 Å². The molecule has 0 saturated carbocycles. The van der Waals surface area contributed by atoms with Crippen molar-refractivity contribution in [3.8, 4) is 0 Å². The molecule has 0 aliphatic rings. The van der Waals surface area contributed by atoms with Gasteiger partial charge in [0.05, 0.1) is 5.35 Å². The molecule has 0 aromatic carbocycles.